The summed E-state index contributed by atoms with van der Waals surface area (Å²) in [4.78, 5) is 23.0. The molecule has 3 N–H and O–H groups in total. The van der Waals surface area contributed by atoms with Crippen molar-refractivity contribution in [3.8, 4) is 0 Å². The molecule has 0 aromatic rings. The molecule has 0 saturated heterocycles. The maximum Gasteiger partial charge on any atom is 0.315 e. The van der Waals surface area contributed by atoms with Gasteiger partial charge in [0.15, 0.2) is 0 Å². The number of carboxylic acids is 1. The standard InChI is InChI=1S/C15H26N2O3/c1-10-4-2-6-12(8-10)16-15(20)17-13-7-3-5-11(9-13)14(18)19/h10-13H,2-9H2,1H3,(H,18,19)(H2,16,17,20). The van der Waals surface area contributed by atoms with Gasteiger partial charge in [-0.2, -0.15) is 0 Å². The van der Waals surface area contributed by atoms with Crippen LogP contribution in [0.3, 0.4) is 0 Å². The minimum Gasteiger partial charge on any atom is -0.481 e. The minimum absolute atomic E-state index is 0.00543. The van der Waals surface area contributed by atoms with Crippen LogP contribution in [0, 0.1) is 11.8 Å². The van der Waals surface area contributed by atoms with E-state index in [-0.39, 0.29) is 24.0 Å². The molecule has 2 aliphatic rings. The highest BCUT2D eigenvalue weighted by molar-refractivity contribution is 5.75. The topological polar surface area (TPSA) is 78.4 Å². The van der Waals surface area contributed by atoms with Crippen molar-refractivity contribution in [3.05, 3.63) is 0 Å². The van der Waals surface area contributed by atoms with Gasteiger partial charge in [0, 0.05) is 12.1 Å². The third-order valence-corrected chi connectivity index (χ3v) is 4.63. The quantitative estimate of drug-likeness (QED) is 0.744. The highest BCUT2D eigenvalue weighted by Crippen LogP contribution is 2.25. The molecule has 114 valence electrons. The fourth-order valence-electron chi connectivity index (χ4n) is 3.52. The Hall–Kier alpha value is -1.26. The Morgan fingerprint density at radius 1 is 0.950 bits per heavy atom. The number of urea groups is 1. The van der Waals surface area contributed by atoms with E-state index in [0.29, 0.717) is 12.3 Å². The Balaban J connectivity index is 1.74. The predicted molar refractivity (Wildman–Crippen MR) is 76.5 cm³/mol. The molecule has 2 rings (SSSR count). The number of hydrogen-bond donors (Lipinski definition) is 3. The van der Waals surface area contributed by atoms with Gasteiger partial charge in [0.25, 0.3) is 0 Å². The Bertz CT molecular complexity index is 359. The van der Waals surface area contributed by atoms with E-state index in [1.54, 1.807) is 0 Å². The fourth-order valence-corrected chi connectivity index (χ4v) is 3.52. The Morgan fingerprint density at radius 2 is 1.55 bits per heavy atom. The highest BCUT2D eigenvalue weighted by atomic mass is 16.4. The SMILES string of the molecule is CC1CCCC(NC(=O)NC2CCCC(C(=O)O)C2)C1. The first kappa shape index (κ1) is 15.1. The van der Waals surface area contributed by atoms with Crippen LogP contribution < -0.4 is 10.6 Å². The highest BCUT2D eigenvalue weighted by Gasteiger charge is 2.28. The summed E-state index contributed by atoms with van der Waals surface area (Å²) in [5.41, 5.74) is 0. The molecule has 0 aromatic heterocycles. The van der Waals surface area contributed by atoms with Crippen LogP contribution in [0.5, 0.6) is 0 Å². The van der Waals surface area contributed by atoms with Crippen LogP contribution in [-0.2, 0) is 4.79 Å². The maximum atomic E-state index is 12.0. The Kier molecular flexibility index (Phi) is 5.26. The van der Waals surface area contributed by atoms with Crippen molar-refractivity contribution in [1.82, 2.24) is 10.6 Å². The molecule has 4 atom stereocenters. The molecule has 4 unspecified atom stereocenters. The summed E-state index contributed by atoms with van der Waals surface area (Å²) in [5.74, 6) is -0.359. The normalized spacial score (nSPS) is 34.2. The van der Waals surface area contributed by atoms with Crippen LogP contribution in [0.15, 0.2) is 0 Å². The van der Waals surface area contributed by atoms with Gasteiger partial charge in [-0.05, 0) is 38.0 Å². The first-order chi connectivity index (χ1) is 9.54. The van der Waals surface area contributed by atoms with Crippen molar-refractivity contribution in [1.29, 1.82) is 0 Å². The lowest BCUT2D eigenvalue weighted by molar-refractivity contribution is -0.143. The van der Waals surface area contributed by atoms with Crippen molar-refractivity contribution < 1.29 is 14.7 Å². The van der Waals surface area contributed by atoms with Gasteiger partial charge in [-0.15, -0.1) is 0 Å². The second-order valence-electron chi connectivity index (χ2n) is 6.49. The molecular formula is C15H26N2O3. The van der Waals surface area contributed by atoms with Crippen LogP contribution >= 0.6 is 0 Å². The minimum atomic E-state index is -0.738. The average molecular weight is 282 g/mol. The van der Waals surface area contributed by atoms with Gasteiger partial charge in [-0.1, -0.05) is 26.2 Å². The van der Waals surface area contributed by atoms with Gasteiger partial charge in [0.1, 0.15) is 0 Å². The number of hydrogen-bond acceptors (Lipinski definition) is 2. The van der Waals surface area contributed by atoms with Gasteiger partial charge >= 0.3 is 12.0 Å². The summed E-state index contributed by atoms with van der Waals surface area (Å²) in [5, 5.41) is 15.0. The van der Waals surface area contributed by atoms with Crippen molar-refractivity contribution >= 4 is 12.0 Å². The van der Waals surface area contributed by atoms with E-state index in [0.717, 1.165) is 32.1 Å². The second kappa shape index (κ2) is 6.95. The number of nitrogens with one attached hydrogen (secondary N) is 2. The zero-order chi connectivity index (χ0) is 14.5. The number of carboxylic acid groups (broad SMARTS) is 1. The molecule has 5 heteroatoms. The fraction of sp³-hybridized carbons (Fsp3) is 0.867. The van der Waals surface area contributed by atoms with Gasteiger partial charge < -0.3 is 15.7 Å². The summed E-state index contributed by atoms with van der Waals surface area (Å²) in [7, 11) is 0. The monoisotopic (exact) mass is 282 g/mol. The van der Waals surface area contributed by atoms with E-state index >= 15 is 0 Å². The first-order valence-electron chi connectivity index (χ1n) is 7.84. The average Bonchev–Trinajstić information content (AvgIpc) is 2.38. The molecule has 2 amide bonds. The molecule has 0 radical (unpaired) electrons. The molecule has 0 aliphatic heterocycles. The lowest BCUT2D eigenvalue weighted by Gasteiger charge is -2.30. The molecular weight excluding hydrogens is 256 g/mol. The first-order valence-corrected chi connectivity index (χ1v) is 7.84. The van der Waals surface area contributed by atoms with Crippen molar-refractivity contribution in [3.63, 3.8) is 0 Å². The van der Waals surface area contributed by atoms with Gasteiger partial charge in [-0.3, -0.25) is 4.79 Å². The summed E-state index contributed by atoms with van der Waals surface area (Å²) in [6.45, 7) is 2.23. The molecule has 0 spiro atoms. The smallest absolute Gasteiger partial charge is 0.315 e. The number of carbonyl (C=O) groups excluding carboxylic acids is 1. The Morgan fingerprint density at radius 3 is 2.15 bits per heavy atom. The maximum absolute atomic E-state index is 12.0. The van der Waals surface area contributed by atoms with Crippen molar-refractivity contribution in [2.24, 2.45) is 11.8 Å². The molecule has 0 bridgehead atoms. The number of aliphatic carboxylic acids is 1. The van der Waals surface area contributed by atoms with E-state index in [9.17, 15) is 9.59 Å². The molecule has 0 heterocycles. The van der Waals surface area contributed by atoms with Gasteiger partial charge in [-0.25, -0.2) is 4.79 Å². The van der Waals surface area contributed by atoms with E-state index in [4.69, 9.17) is 5.11 Å². The van der Waals surface area contributed by atoms with E-state index < -0.39 is 5.97 Å². The molecule has 5 nitrogen and oxygen atoms in total. The number of amides is 2. The molecule has 2 saturated carbocycles. The van der Waals surface area contributed by atoms with Gasteiger partial charge in [0.05, 0.1) is 5.92 Å². The van der Waals surface area contributed by atoms with E-state index in [1.807, 2.05) is 0 Å². The molecule has 0 aromatic carbocycles. The van der Waals surface area contributed by atoms with Crippen LogP contribution in [0.25, 0.3) is 0 Å². The van der Waals surface area contributed by atoms with Crippen molar-refractivity contribution in [2.75, 3.05) is 0 Å². The van der Waals surface area contributed by atoms with E-state index in [1.165, 1.54) is 12.8 Å². The van der Waals surface area contributed by atoms with Crippen molar-refractivity contribution in [2.45, 2.75) is 70.4 Å². The Labute approximate surface area is 120 Å². The summed E-state index contributed by atoms with van der Waals surface area (Å²) >= 11 is 0. The lowest BCUT2D eigenvalue weighted by Crippen LogP contribution is -2.49. The van der Waals surface area contributed by atoms with Crippen LogP contribution in [0.2, 0.25) is 0 Å². The second-order valence-corrected chi connectivity index (χ2v) is 6.49. The molecule has 20 heavy (non-hydrogen) atoms. The summed E-state index contributed by atoms with van der Waals surface area (Å²) < 4.78 is 0. The summed E-state index contributed by atoms with van der Waals surface area (Å²) in [6, 6.07) is 0.156. The van der Waals surface area contributed by atoms with E-state index in [2.05, 4.69) is 17.6 Å². The number of rotatable bonds is 3. The van der Waals surface area contributed by atoms with Crippen LogP contribution in [0.1, 0.15) is 58.3 Å². The lowest BCUT2D eigenvalue weighted by atomic mass is 9.85. The number of carbonyl (C=O) groups is 2. The summed E-state index contributed by atoms with van der Waals surface area (Å²) in [6.07, 6.45) is 7.59. The van der Waals surface area contributed by atoms with Crippen LogP contribution in [-0.4, -0.2) is 29.2 Å². The third-order valence-electron chi connectivity index (χ3n) is 4.63. The molecule has 2 aliphatic carbocycles. The van der Waals surface area contributed by atoms with Crippen LogP contribution in [0.4, 0.5) is 4.79 Å². The zero-order valence-electron chi connectivity index (χ0n) is 12.2. The largest absolute Gasteiger partial charge is 0.481 e. The third kappa shape index (κ3) is 4.39. The zero-order valence-corrected chi connectivity index (χ0v) is 12.2. The predicted octanol–water partition coefficient (Wildman–Crippen LogP) is 2.51. The molecule has 2 fully saturated rings. The van der Waals surface area contributed by atoms with Gasteiger partial charge in [0.2, 0.25) is 0 Å².